The van der Waals surface area contributed by atoms with E-state index in [-0.39, 0.29) is 5.91 Å². The molecule has 8 heteroatoms. The number of nitrogens with one attached hydrogen (secondary N) is 1. The average Bonchev–Trinajstić information content (AvgIpc) is 3.50. The number of rotatable bonds is 5. The Morgan fingerprint density at radius 2 is 1.91 bits per heavy atom. The summed E-state index contributed by atoms with van der Waals surface area (Å²) >= 11 is 0. The molecule has 0 bridgehead atoms. The third-order valence-corrected chi connectivity index (χ3v) is 6.42. The molecule has 1 aliphatic heterocycles. The largest absolute Gasteiger partial charge is 0.371 e. The molecule has 0 aliphatic carbocycles. The third-order valence-electron chi connectivity index (χ3n) is 6.42. The number of hydrogen-bond donors (Lipinski definition) is 1. The fourth-order valence-corrected chi connectivity index (χ4v) is 4.67. The molecule has 4 aromatic rings. The number of amides is 1. The van der Waals surface area contributed by atoms with Crippen molar-refractivity contribution in [2.24, 2.45) is 7.05 Å². The zero-order valence-corrected chi connectivity index (χ0v) is 19.0. The molecular weight excluding hydrogens is 426 g/mol. The molecule has 0 unspecified atom stereocenters. The predicted octanol–water partition coefficient (Wildman–Crippen LogP) is 4.11. The molecule has 1 fully saturated rings. The average molecular weight is 452 g/mol. The van der Waals surface area contributed by atoms with E-state index in [4.69, 9.17) is 0 Å². The lowest BCUT2D eigenvalue weighted by molar-refractivity contribution is -0.111. The first kappa shape index (κ1) is 21.5. The van der Waals surface area contributed by atoms with Gasteiger partial charge in [0.2, 0.25) is 5.91 Å². The molecule has 1 aliphatic rings. The molecule has 3 aromatic heterocycles. The zero-order chi connectivity index (χ0) is 23.7. The second kappa shape index (κ2) is 8.87. The second-order valence-corrected chi connectivity index (χ2v) is 8.55. The van der Waals surface area contributed by atoms with Crippen LogP contribution in [0.25, 0.3) is 16.6 Å². The van der Waals surface area contributed by atoms with Gasteiger partial charge in [-0.25, -0.2) is 4.52 Å². The molecule has 0 spiro atoms. The number of benzene rings is 1. The lowest BCUT2D eigenvalue weighted by atomic mass is 9.87. The summed E-state index contributed by atoms with van der Waals surface area (Å²) in [6.07, 6.45) is 10.7. The molecule has 170 valence electrons. The lowest BCUT2D eigenvalue weighted by Crippen LogP contribution is -2.33. The number of carbonyl (C=O) groups excluding carboxylic acids is 1. The van der Waals surface area contributed by atoms with Gasteiger partial charge in [-0.15, -0.1) is 0 Å². The Labute approximate surface area is 197 Å². The molecule has 1 saturated heterocycles. The first-order chi connectivity index (χ1) is 16.6. The smallest absolute Gasteiger partial charge is 0.247 e. The molecule has 1 amide bonds. The van der Waals surface area contributed by atoms with Crippen molar-refractivity contribution < 1.29 is 4.79 Å². The van der Waals surface area contributed by atoms with Crippen molar-refractivity contribution in [1.82, 2.24) is 19.4 Å². The van der Waals surface area contributed by atoms with E-state index in [9.17, 15) is 10.1 Å². The number of hydrogen-bond acceptors (Lipinski definition) is 5. The van der Waals surface area contributed by atoms with Crippen molar-refractivity contribution in [3.63, 3.8) is 0 Å². The summed E-state index contributed by atoms with van der Waals surface area (Å²) in [5.41, 5.74) is 6.62. The van der Waals surface area contributed by atoms with Crippen LogP contribution in [0.2, 0.25) is 0 Å². The van der Waals surface area contributed by atoms with Crippen LogP contribution in [0.4, 0.5) is 11.4 Å². The van der Waals surface area contributed by atoms with Crippen LogP contribution in [0.15, 0.2) is 67.8 Å². The van der Waals surface area contributed by atoms with E-state index < -0.39 is 0 Å². The summed E-state index contributed by atoms with van der Waals surface area (Å²) in [5.74, 6) is 0.107. The Morgan fingerprint density at radius 3 is 2.56 bits per heavy atom. The van der Waals surface area contributed by atoms with Crippen LogP contribution in [-0.2, 0) is 11.8 Å². The third kappa shape index (κ3) is 4.04. The van der Waals surface area contributed by atoms with Crippen LogP contribution < -0.4 is 10.2 Å². The predicted molar refractivity (Wildman–Crippen MR) is 132 cm³/mol. The van der Waals surface area contributed by atoms with Gasteiger partial charge in [-0.3, -0.25) is 9.48 Å². The van der Waals surface area contributed by atoms with Gasteiger partial charge in [-0.1, -0.05) is 6.58 Å². The van der Waals surface area contributed by atoms with E-state index >= 15 is 0 Å². The van der Waals surface area contributed by atoms with Gasteiger partial charge in [0.15, 0.2) is 0 Å². The number of piperidine rings is 1. The number of anilines is 2. The first-order valence-corrected chi connectivity index (χ1v) is 11.2. The number of carbonyl (C=O) groups is 1. The van der Waals surface area contributed by atoms with Gasteiger partial charge in [-0.05, 0) is 60.7 Å². The molecule has 8 nitrogen and oxygen atoms in total. The quantitative estimate of drug-likeness (QED) is 0.461. The molecule has 1 N–H and O–H groups in total. The van der Waals surface area contributed by atoms with Crippen molar-refractivity contribution in [2.75, 3.05) is 23.3 Å². The van der Waals surface area contributed by atoms with Crippen LogP contribution in [0, 0.1) is 11.3 Å². The Kier molecular flexibility index (Phi) is 5.60. The summed E-state index contributed by atoms with van der Waals surface area (Å²) in [6.45, 7) is 5.29. The second-order valence-electron chi connectivity index (χ2n) is 8.55. The summed E-state index contributed by atoms with van der Waals surface area (Å²) in [7, 11) is 1.90. The molecule has 34 heavy (non-hydrogen) atoms. The minimum atomic E-state index is -0.218. The van der Waals surface area contributed by atoms with Crippen molar-refractivity contribution in [1.29, 1.82) is 5.26 Å². The van der Waals surface area contributed by atoms with Crippen LogP contribution in [0.3, 0.4) is 0 Å². The highest BCUT2D eigenvalue weighted by molar-refractivity contribution is 5.98. The van der Waals surface area contributed by atoms with E-state index in [1.807, 2.05) is 54.4 Å². The number of pyridine rings is 1. The zero-order valence-electron chi connectivity index (χ0n) is 19.0. The monoisotopic (exact) mass is 451 g/mol. The highest BCUT2D eigenvalue weighted by atomic mass is 16.1. The molecular formula is C26H25N7O. The summed E-state index contributed by atoms with van der Waals surface area (Å²) in [6, 6.07) is 12.4. The molecule has 0 radical (unpaired) electrons. The lowest BCUT2D eigenvalue weighted by Gasteiger charge is -2.34. The summed E-state index contributed by atoms with van der Waals surface area (Å²) in [5, 5.41) is 21.2. The molecule has 0 atom stereocenters. The van der Waals surface area contributed by atoms with Crippen LogP contribution in [0.1, 0.15) is 29.9 Å². The van der Waals surface area contributed by atoms with Crippen molar-refractivity contribution in [3.8, 4) is 17.2 Å². The van der Waals surface area contributed by atoms with Crippen molar-refractivity contribution in [2.45, 2.75) is 18.8 Å². The number of aryl methyl sites for hydroxylation is 1. The Morgan fingerprint density at radius 1 is 1.15 bits per heavy atom. The fourth-order valence-electron chi connectivity index (χ4n) is 4.67. The molecule has 1 aromatic carbocycles. The number of aromatic nitrogens is 4. The van der Waals surface area contributed by atoms with Crippen molar-refractivity contribution in [3.05, 3.63) is 78.9 Å². The standard InChI is InChI=1S/C26H25N7O/c1-3-25(34)30-22-4-6-23(7-5-22)32-10-8-18(9-11-32)24-12-19(21-15-28-31(2)16-21)17-33-26(24)20(13-27)14-29-33/h3-7,12,14-18H,1,8-11H2,2H3,(H,30,34). The Hall–Kier alpha value is -4.38. The van der Waals surface area contributed by atoms with Gasteiger partial charge in [0.1, 0.15) is 6.07 Å². The van der Waals surface area contributed by atoms with Crippen LogP contribution in [-0.4, -0.2) is 38.4 Å². The summed E-state index contributed by atoms with van der Waals surface area (Å²) in [4.78, 5) is 13.9. The minimum absolute atomic E-state index is 0.218. The topological polar surface area (TPSA) is 91.2 Å². The van der Waals surface area contributed by atoms with Crippen molar-refractivity contribution >= 4 is 22.8 Å². The highest BCUT2D eigenvalue weighted by Crippen LogP contribution is 2.36. The number of nitriles is 1. The van der Waals surface area contributed by atoms with Gasteiger partial charge in [-0.2, -0.15) is 15.5 Å². The Balaban J connectivity index is 1.39. The SMILES string of the molecule is C=CC(=O)Nc1ccc(N2CCC(c3cc(-c4cnn(C)c4)cn4ncc(C#N)c34)CC2)cc1. The van der Waals surface area contributed by atoms with E-state index in [1.165, 1.54) is 6.08 Å². The van der Waals surface area contributed by atoms with E-state index in [0.29, 0.717) is 11.5 Å². The minimum Gasteiger partial charge on any atom is -0.371 e. The molecule has 0 saturated carbocycles. The fraction of sp³-hybridized carbons (Fsp3) is 0.231. The normalized spacial score (nSPS) is 14.2. The maximum Gasteiger partial charge on any atom is 0.247 e. The van der Waals surface area contributed by atoms with Crippen LogP contribution >= 0.6 is 0 Å². The summed E-state index contributed by atoms with van der Waals surface area (Å²) < 4.78 is 3.62. The highest BCUT2D eigenvalue weighted by Gasteiger charge is 2.25. The maximum atomic E-state index is 11.5. The van der Waals surface area contributed by atoms with Gasteiger partial charge in [0.25, 0.3) is 0 Å². The van der Waals surface area contributed by atoms with Gasteiger partial charge < -0.3 is 10.2 Å². The number of nitrogens with zero attached hydrogens (tertiary/aromatic N) is 6. The molecule has 4 heterocycles. The Bertz CT molecular complexity index is 1400. The van der Waals surface area contributed by atoms with E-state index in [0.717, 1.165) is 59.5 Å². The van der Waals surface area contributed by atoms with Gasteiger partial charge >= 0.3 is 0 Å². The van der Waals surface area contributed by atoms with Crippen LogP contribution in [0.5, 0.6) is 0 Å². The maximum absolute atomic E-state index is 11.5. The molecule has 5 rings (SSSR count). The van der Waals surface area contributed by atoms with E-state index in [1.54, 1.807) is 10.9 Å². The van der Waals surface area contributed by atoms with Gasteiger partial charge in [0, 0.05) is 55.0 Å². The number of fused-ring (bicyclic) bond motifs is 1. The van der Waals surface area contributed by atoms with E-state index in [2.05, 4.69) is 39.1 Å². The van der Waals surface area contributed by atoms with Gasteiger partial charge in [0.05, 0.1) is 23.5 Å². The first-order valence-electron chi connectivity index (χ1n) is 11.2.